The summed E-state index contributed by atoms with van der Waals surface area (Å²) in [4.78, 5) is 5.91. The Bertz CT molecular complexity index is 653. The van der Waals surface area contributed by atoms with E-state index in [1.165, 1.54) is 20.5 Å². The Morgan fingerprint density at radius 1 is 1.20 bits per heavy atom. The summed E-state index contributed by atoms with van der Waals surface area (Å²) in [6.07, 6.45) is 0.973. The van der Waals surface area contributed by atoms with Crippen molar-refractivity contribution in [3.63, 3.8) is 0 Å². The summed E-state index contributed by atoms with van der Waals surface area (Å²) in [5.74, 6) is 0.717. The van der Waals surface area contributed by atoms with Crippen molar-refractivity contribution < 1.29 is 0 Å². The molecule has 20 heavy (non-hydrogen) atoms. The Balaban J connectivity index is 1.98. The molecule has 0 saturated heterocycles. The van der Waals surface area contributed by atoms with Gasteiger partial charge in [-0.1, -0.05) is 50.0 Å². The highest BCUT2D eigenvalue weighted by Gasteiger charge is 2.27. The van der Waals surface area contributed by atoms with Gasteiger partial charge >= 0.3 is 0 Å². The van der Waals surface area contributed by atoms with Crippen molar-refractivity contribution in [1.29, 1.82) is 0 Å². The lowest BCUT2D eigenvalue weighted by Gasteiger charge is -2.19. The van der Waals surface area contributed by atoms with Gasteiger partial charge in [-0.2, -0.15) is 0 Å². The first-order valence-corrected chi connectivity index (χ1v) is 11.3. The SMILES string of the molecule is C[Si](C)(C)c1cc2c(s1)C(N)=NC(c1ccccc1)C2. The molecule has 2 aromatic rings. The summed E-state index contributed by atoms with van der Waals surface area (Å²) in [6, 6.07) is 13.0. The number of aliphatic imine (C=N–C) groups is 1. The van der Waals surface area contributed by atoms with Gasteiger partial charge in [0.15, 0.2) is 0 Å². The summed E-state index contributed by atoms with van der Waals surface area (Å²) in [5, 5.41) is 0. The minimum Gasteiger partial charge on any atom is -0.383 e. The molecule has 0 aliphatic carbocycles. The molecule has 0 radical (unpaired) electrons. The maximum atomic E-state index is 6.21. The van der Waals surface area contributed by atoms with E-state index in [4.69, 9.17) is 10.7 Å². The maximum Gasteiger partial charge on any atom is 0.136 e. The zero-order valence-electron chi connectivity index (χ0n) is 12.2. The molecule has 0 saturated carbocycles. The van der Waals surface area contributed by atoms with Gasteiger partial charge < -0.3 is 5.73 Å². The summed E-state index contributed by atoms with van der Waals surface area (Å²) >= 11 is 1.85. The molecular weight excluding hydrogens is 280 g/mol. The minimum atomic E-state index is -1.27. The quantitative estimate of drug-likeness (QED) is 0.849. The van der Waals surface area contributed by atoms with Crippen LogP contribution in [-0.4, -0.2) is 13.9 Å². The standard InChI is InChI=1S/C16H20N2SSi/c1-20(2,3)14-10-12-9-13(11-7-5-4-6-8-11)18-16(17)15(12)19-14/h4-8,10,13H,9H2,1-3H3,(H2,17,18). The second-order valence-electron chi connectivity index (χ2n) is 6.36. The van der Waals surface area contributed by atoms with Gasteiger partial charge in [-0.15, -0.1) is 11.3 Å². The molecule has 1 aromatic carbocycles. The van der Waals surface area contributed by atoms with Crippen LogP contribution >= 0.6 is 11.3 Å². The van der Waals surface area contributed by atoms with E-state index in [9.17, 15) is 0 Å². The Kier molecular flexibility index (Phi) is 3.30. The molecule has 1 aliphatic rings. The molecule has 0 spiro atoms. The van der Waals surface area contributed by atoms with Crippen LogP contribution in [0.2, 0.25) is 19.6 Å². The molecule has 4 heteroatoms. The fourth-order valence-electron chi connectivity index (χ4n) is 2.51. The Hall–Kier alpha value is -1.39. The number of nitrogens with zero attached hydrogens (tertiary/aromatic N) is 1. The molecule has 0 amide bonds. The number of hydrogen-bond donors (Lipinski definition) is 1. The van der Waals surface area contributed by atoms with E-state index in [1.807, 2.05) is 17.4 Å². The molecule has 2 nitrogen and oxygen atoms in total. The Labute approximate surface area is 125 Å². The summed E-state index contributed by atoms with van der Waals surface area (Å²) in [6.45, 7) is 7.14. The molecule has 2 N–H and O–H groups in total. The van der Waals surface area contributed by atoms with Gasteiger partial charge in [-0.25, -0.2) is 0 Å². The zero-order chi connectivity index (χ0) is 14.3. The van der Waals surface area contributed by atoms with Crippen LogP contribution in [0.5, 0.6) is 0 Å². The van der Waals surface area contributed by atoms with E-state index < -0.39 is 8.07 Å². The molecule has 2 heterocycles. The van der Waals surface area contributed by atoms with Crippen molar-refractivity contribution in [3.8, 4) is 0 Å². The third kappa shape index (κ3) is 2.45. The van der Waals surface area contributed by atoms with E-state index in [0.29, 0.717) is 0 Å². The third-order valence-electron chi connectivity index (χ3n) is 3.67. The van der Waals surface area contributed by atoms with Gasteiger partial charge in [-0.3, -0.25) is 4.99 Å². The first-order valence-electron chi connectivity index (χ1n) is 6.97. The largest absolute Gasteiger partial charge is 0.383 e. The number of fused-ring (bicyclic) bond motifs is 1. The average molecular weight is 301 g/mol. The molecule has 3 rings (SSSR count). The third-order valence-corrected chi connectivity index (χ3v) is 8.45. The number of nitrogens with two attached hydrogens (primary N) is 1. The van der Waals surface area contributed by atoms with Crippen LogP contribution in [-0.2, 0) is 6.42 Å². The van der Waals surface area contributed by atoms with Crippen LogP contribution in [0.3, 0.4) is 0 Å². The van der Waals surface area contributed by atoms with Crippen LogP contribution in [0.15, 0.2) is 41.4 Å². The van der Waals surface area contributed by atoms with Crippen molar-refractivity contribution in [3.05, 3.63) is 52.4 Å². The first kappa shape index (κ1) is 13.6. The van der Waals surface area contributed by atoms with E-state index in [1.54, 1.807) is 0 Å². The number of benzene rings is 1. The summed E-state index contributed by atoms with van der Waals surface area (Å²) < 4.78 is 1.52. The molecular formula is C16H20N2SSi. The lowest BCUT2D eigenvalue weighted by molar-refractivity contribution is 0.713. The van der Waals surface area contributed by atoms with Gasteiger partial charge in [0.2, 0.25) is 0 Å². The normalized spacial score (nSPS) is 18.6. The smallest absolute Gasteiger partial charge is 0.136 e. The van der Waals surface area contributed by atoms with Crippen LogP contribution in [0, 0.1) is 0 Å². The molecule has 0 fully saturated rings. The van der Waals surface area contributed by atoms with Gasteiger partial charge in [0, 0.05) is 6.42 Å². The van der Waals surface area contributed by atoms with Crippen molar-refractivity contribution in [2.75, 3.05) is 0 Å². The molecule has 1 aliphatic heterocycles. The fraction of sp³-hybridized carbons (Fsp3) is 0.312. The van der Waals surface area contributed by atoms with Gasteiger partial charge in [-0.05, 0) is 21.7 Å². The highest BCUT2D eigenvalue weighted by Crippen LogP contribution is 2.31. The molecule has 0 bridgehead atoms. The van der Waals surface area contributed by atoms with Crippen LogP contribution in [0.1, 0.15) is 22.0 Å². The second kappa shape index (κ2) is 4.86. The molecule has 1 atom stereocenters. The van der Waals surface area contributed by atoms with Crippen molar-refractivity contribution >= 4 is 29.7 Å². The van der Waals surface area contributed by atoms with Gasteiger partial charge in [0.1, 0.15) is 5.84 Å². The molecule has 104 valence electrons. The maximum absolute atomic E-state index is 6.21. The highest BCUT2D eigenvalue weighted by molar-refractivity contribution is 7.27. The monoisotopic (exact) mass is 300 g/mol. The first-order chi connectivity index (χ1) is 9.45. The number of thiophene rings is 1. The van der Waals surface area contributed by atoms with Crippen molar-refractivity contribution in [2.24, 2.45) is 10.7 Å². The Morgan fingerprint density at radius 2 is 1.90 bits per heavy atom. The Morgan fingerprint density at radius 3 is 2.55 bits per heavy atom. The summed E-state index contributed by atoms with van der Waals surface area (Å²) in [7, 11) is -1.27. The predicted molar refractivity (Wildman–Crippen MR) is 90.9 cm³/mol. The molecule has 1 unspecified atom stereocenters. The average Bonchev–Trinajstić information content (AvgIpc) is 2.84. The zero-order valence-corrected chi connectivity index (χ0v) is 14.0. The molecule has 1 aromatic heterocycles. The number of rotatable bonds is 2. The van der Waals surface area contributed by atoms with Gasteiger partial charge in [0.05, 0.1) is 19.0 Å². The van der Waals surface area contributed by atoms with Crippen LogP contribution in [0.4, 0.5) is 0 Å². The number of amidine groups is 1. The fourth-order valence-corrected chi connectivity index (χ4v) is 5.50. The van der Waals surface area contributed by atoms with E-state index in [0.717, 1.165) is 12.3 Å². The van der Waals surface area contributed by atoms with Gasteiger partial charge in [0.25, 0.3) is 0 Å². The minimum absolute atomic E-state index is 0.174. The topological polar surface area (TPSA) is 38.4 Å². The summed E-state index contributed by atoms with van der Waals surface area (Å²) in [5.41, 5.74) is 8.84. The van der Waals surface area contributed by atoms with Crippen LogP contribution < -0.4 is 10.2 Å². The second-order valence-corrected chi connectivity index (χ2v) is 12.8. The lowest BCUT2D eigenvalue weighted by Crippen LogP contribution is -2.34. The van der Waals surface area contributed by atoms with Crippen molar-refractivity contribution in [2.45, 2.75) is 32.1 Å². The predicted octanol–water partition coefficient (Wildman–Crippen LogP) is 3.30. The van der Waals surface area contributed by atoms with Crippen LogP contribution in [0.25, 0.3) is 0 Å². The lowest BCUT2D eigenvalue weighted by atomic mass is 9.97. The van der Waals surface area contributed by atoms with E-state index >= 15 is 0 Å². The van der Waals surface area contributed by atoms with Crippen molar-refractivity contribution in [1.82, 2.24) is 0 Å². The number of hydrogen-bond acceptors (Lipinski definition) is 3. The van der Waals surface area contributed by atoms with E-state index in [2.05, 4.69) is 50.0 Å². The highest BCUT2D eigenvalue weighted by atomic mass is 32.1. The van der Waals surface area contributed by atoms with E-state index in [-0.39, 0.29) is 6.04 Å².